The number of hydrogen-bond acceptors (Lipinski definition) is 2. The highest BCUT2D eigenvalue weighted by atomic mass is 16.5. The molecule has 3 unspecified atom stereocenters. The van der Waals surface area contributed by atoms with Crippen LogP contribution >= 0.6 is 0 Å². The van der Waals surface area contributed by atoms with E-state index in [1.54, 1.807) is 7.11 Å². The van der Waals surface area contributed by atoms with Crippen LogP contribution in [0.1, 0.15) is 47.5 Å². The van der Waals surface area contributed by atoms with Gasteiger partial charge in [0.2, 0.25) is 0 Å². The Hall–Kier alpha value is -0.0800. The third-order valence-electron chi connectivity index (χ3n) is 3.64. The predicted octanol–water partition coefficient (Wildman–Crippen LogP) is 3.32. The lowest BCUT2D eigenvalue weighted by atomic mass is 9.82. The summed E-state index contributed by atoms with van der Waals surface area (Å²) in [7, 11) is 1.78. The Morgan fingerprint density at radius 2 is 1.75 bits per heavy atom. The quantitative estimate of drug-likeness (QED) is 0.655. The van der Waals surface area contributed by atoms with E-state index in [9.17, 15) is 0 Å². The molecule has 3 atom stereocenters. The largest absolute Gasteiger partial charge is 0.385 e. The maximum absolute atomic E-state index is 5.18. The first kappa shape index (κ1) is 15.9. The monoisotopic (exact) mass is 229 g/mol. The SMILES string of the molecule is CCCNC(C(C)CCOC)C(C)C(C)C. The Morgan fingerprint density at radius 1 is 1.12 bits per heavy atom. The van der Waals surface area contributed by atoms with Crippen LogP contribution in [0.2, 0.25) is 0 Å². The minimum atomic E-state index is 0.620. The standard InChI is InChI=1S/C14H31NO/c1-7-9-15-14(13(5)11(2)3)12(4)8-10-16-6/h11-15H,7-10H2,1-6H3. The summed E-state index contributed by atoms with van der Waals surface area (Å²) in [6.45, 7) is 13.6. The highest BCUT2D eigenvalue weighted by Gasteiger charge is 2.24. The Balaban J connectivity index is 4.27. The van der Waals surface area contributed by atoms with Crippen LogP contribution in [0.5, 0.6) is 0 Å². The van der Waals surface area contributed by atoms with Crippen molar-refractivity contribution >= 4 is 0 Å². The lowest BCUT2D eigenvalue weighted by Gasteiger charge is -2.33. The number of ether oxygens (including phenoxy) is 1. The summed E-state index contributed by atoms with van der Waals surface area (Å²) in [5, 5.41) is 3.70. The summed E-state index contributed by atoms with van der Waals surface area (Å²) in [5.74, 6) is 2.14. The summed E-state index contributed by atoms with van der Waals surface area (Å²) in [6.07, 6.45) is 2.35. The molecule has 0 aromatic heterocycles. The molecular weight excluding hydrogens is 198 g/mol. The van der Waals surface area contributed by atoms with E-state index in [2.05, 4.69) is 39.9 Å². The van der Waals surface area contributed by atoms with Crippen LogP contribution in [0, 0.1) is 17.8 Å². The fraction of sp³-hybridized carbons (Fsp3) is 1.00. The van der Waals surface area contributed by atoms with E-state index >= 15 is 0 Å². The van der Waals surface area contributed by atoms with E-state index in [1.165, 1.54) is 6.42 Å². The Labute approximate surface area is 102 Å². The minimum Gasteiger partial charge on any atom is -0.385 e. The smallest absolute Gasteiger partial charge is 0.0465 e. The van der Waals surface area contributed by atoms with Crippen molar-refractivity contribution in [2.24, 2.45) is 17.8 Å². The number of hydrogen-bond donors (Lipinski definition) is 1. The molecule has 0 spiro atoms. The molecule has 0 aliphatic heterocycles. The molecule has 0 aliphatic carbocycles. The molecule has 0 aromatic rings. The molecule has 0 heterocycles. The van der Waals surface area contributed by atoms with Crippen LogP contribution in [0.15, 0.2) is 0 Å². The van der Waals surface area contributed by atoms with Gasteiger partial charge in [-0.2, -0.15) is 0 Å². The van der Waals surface area contributed by atoms with E-state index < -0.39 is 0 Å². The summed E-state index contributed by atoms with van der Waals surface area (Å²) < 4.78 is 5.18. The third kappa shape index (κ3) is 5.86. The number of rotatable bonds is 9. The second kappa shape index (κ2) is 9.00. The Bertz CT molecular complexity index is 159. The normalized spacial score (nSPS) is 17.4. The molecule has 98 valence electrons. The Morgan fingerprint density at radius 3 is 2.19 bits per heavy atom. The summed E-state index contributed by atoms with van der Waals surface area (Å²) in [5.41, 5.74) is 0. The predicted molar refractivity (Wildman–Crippen MR) is 71.7 cm³/mol. The van der Waals surface area contributed by atoms with Gasteiger partial charge in [-0.3, -0.25) is 0 Å². The molecule has 0 saturated heterocycles. The van der Waals surface area contributed by atoms with E-state index in [4.69, 9.17) is 4.74 Å². The molecule has 1 N–H and O–H groups in total. The van der Waals surface area contributed by atoms with Crippen LogP contribution in [0.25, 0.3) is 0 Å². The number of methoxy groups -OCH3 is 1. The Kier molecular flexibility index (Phi) is 8.96. The molecule has 16 heavy (non-hydrogen) atoms. The van der Waals surface area contributed by atoms with Crippen LogP contribution in [0.4, 0.5) is 0 Å². The molecule has 0 aliphatic rings. The van der Waals surface area contributed by atoms with Crippen molar-refractivity contribution < 1.29 is 4.74 Å². The van der Waals surface area contributed by atoms with Gasteiger partial charge in [-0.1, -0.05) is 34.6 Å². The number of nitrogens with one attached hydrogen (secondary N) is 1. The minimum absolute atomic E-state index is 0.620. The second-order valence-electron chi connectivity index (χ2n) is 5.34. The average Bonchev–Trinajstić information content (AvgIpc) is 2.26. The fourth-order valence-corrected chi connectivity index (χ4v) is 2.11. The fourth-order valence-electron chi connectivity index (χ4n) is 2.11. The maximum Gasteiger partial charge on any atom is 0.0465 e. The molecule has 0 radical (unpaired) electrons. The van der Waals surface area contributed by atoms with Crippen molar-refractivity contribution in [1.29, 1.82) is 0 Å². The molecule has 2 nitrogen and oxygen atoms in total. The highest BCUT2D eigenvalue weighted by Crippen LogP contribution is 2.22. The van der Waals surface area contributed by atoms with Gasteiger partial charge in [-0.25, -0.2) is 0 Å². The van der Waals surface area contributed by atoms with Gasteiger partial charge in [0.05, 0.1) is 0 Å². The first-order valence-corrected chi connectivity index (χ1v) is 6.76. The summed E-state index contributed by atoms with van der Waals surface area (Å²) in [4.78, 5) is 0. The van der Waals surface area contributed by atoms with Crippen molar-refractivity contribution in [1.82, 2.24) is 5.32 Å². The van der Waals surface area contributed by atoms with E-state index in [1.807, 2.05) is 0 Å². The van der Waals surface area contributed by atoms with Gasteiger partial charge in [-0.15, -0.1) is 0 Å². The highest BCUT2D eigenvalue weighted by molar-refractivity contribution is 4.80. The molecule has 0 bridgehead atoms. The average molecular weight is 229 g/mol. The molecule has 0 rings (SSSR count). The zero-order valence-corrected chi connectivity index (χ0v) is 12.0. The van der Waals surface area contributed by atoms with Gasteiger partial charge in [-0.05, 0) is 37.1 Å². The molecule has 0 fully saturated rings. The summed E-state index contributed by atoms with van der Waals surface area (Å²) in [6, 6.07) is 0.620. The van der Waals surface area contributed by atoms with E-state index in [0.717, 1.165) is 31.4 Å². The zero-order chi connectivity index (χ0) is 12.6. The molecule has 0 saturated carbocycles. The van der Waals surface area contributed by atoms with E-state index in [-0.39, 0.29) is 0 Å². The van der Waals surface area contributed by atoms with Gasteiger partial charge < -0.3 is 10.1 Å². The van der Waals surface area contributed by atoms with Crippen molar-refractivity contribution in [3.8, 4) is 0 Å². The lowest BCUT2D eigenvalue weighted by Crippen LogP contribution is -2.43. The van der Waals surface area contributed by atoms with Crippen LogP contribution in [-0.2, 0) is 4.74 Å². The summed E-state index contributed by atoms with van der Waals surface area (Å²) >= 11 is 0. The zero-order valence-electron chi connectivity index (χ0n) is 12.0. The van der Waals surface area contributed by atoms with Crippen molar-refractivity contribution in [3.05, 3.63) is 0 Å². The van der Waals surface area contributed by atoms with Gasteiger partial charge in [0, 0.05) is 19.8 Å². The van der Waals surface area contributed by atoms with Gasteiger partial charge in [0.25, 0.3) is 0 Å². The first-order chi connectivity index (χ1) is 7.54. The van der Waals surface area contributed by atoms with Crippen molar-refractivity contribution in [2.75, 3.05) is 20.3 Å². The lowest BCUT2D eigenvalue weighted by molar-refractivity contribution is 0.151. The third-order valence-corrected chi connectivity index (χ3v) is 3.64. The van der Waals surface area contributed by atoms with Gasteiger partial charge in [0.15, 0.2) is 0 Å². The van der Waals surface area contributed by atoms with Crippen LogP contribution in [0.3, 0.4) is 0 Å². The second-order valence-corrected chi connectivity index (χ2v) is 5.34. The molecule has 2 heteroatoms. The van der Waals surface area contributed by atoms with Crippen LogP contribution in [-0.4, -0.2) is 26.3 Å². The van der Waals surface area contributed by atoms with Gasteiger partial charge >= 0.3 is 0 Å². The van der Waals surface area contributed by atoms with E-state index in [0.29, 0.717) is 12.0 Å². The topological polar surface area (TPSA) is 21.3 Å². The van der Waals surface area contributed by atoms with Crippen LogP contribution < -0.4 is 5.32 Å². The maximum atomic E-state index is 5.18. The first-order valence-electron chi connectivity index (χ1n) is 6.76. The van der Waals surface area contributed by atoms with Crippen molar-refractivity contribution in [3.63, 3.8) is 0 Å². The van der Waals surface area contributed by atoms with Crippen molar-refractivity contribution in [2.45, 2.75) is 53.5 Å². The molecule has 0 amide bonds. The van der Waals surface area contributed by atoms with Gasteiger partial charge in [0.1, 0.15) is 0 Å². The molecule has 0 aromatic carbocycles. The molecular formula is C14H31NO.